The van der Waals surface area contributed by atoms with E-state index in [1.807, 2.05) is 0 Å². The van der Waals surface area contributed by atoms with Crippen molar-refractivity contribution in [3.8, 4) is 22.5 Å². The monoisotopic (exact) mass is 286 g/mol. The molecule has 21 heavy (non-hydrogen) atoms. The van der Waals surface area contributed by atoms with E-state index in [0.717, 1.165) is 0 Å². The number of halogens is 2. The summed E-state index contributed by atoms with van der Waals surface area (Å²) >= 11 is 0. The first-order chi connectivity index (χ1) is 10.1. The van der Waals surface area contributed by atoms with Crippen LogP contribution in [-0.2, 0) is 0 Å². The van der Waals surface area contributed by atoms with Gasteiger partial charge in [-0.05, 0) is 48.4 Å². The van der Waals surface area contributed by atoms with Gasteiger partial charge in [0.25, 0.3) is 0 Å². The van der Waals surface area contributed by atoms with Gasteiger partial charge in [-0.2, -0.15) is 0 Å². The maximum Gasteiger partial charge on any atom is 0.176 e. The molecule has 0 atom stereocenters. The number of aromatic nitrogens is 1. The molecule has 0 aliphatic heterocycles. The number of aryl methyl sites for hydroxylation is 1. The molecule has 0 bridgehead atoms. The van der Waals surface area contributed by atoms with E-state index in [4.69, 9.17) is 10.3 Å². The summed E-state index contributed by atoms with van der Waals surface area (Å²) in [6.45, 7) is 1.65. The van der Waals surface area contributed by atoms with E-state index in [1.54, 1.807) is 31.2 Å². The Labute approximate surface area is 120 Å². The van der Waals surface area contributed by atoms with Crippen molar-refractivity contribution in [3.63, 3.8) is 0 Å². The second-order valence-corrected chi connectivity index (χ2v) is 4.75. The molecule has 1 aromatic heterocycles. The summed E-state index contributed by atoms with van der Waals surface area (Å²) in [6.07, 6.45) is 0. The molecule has 0 radical (unpaired) electrons. The number of hydrogen-bond donors (Lipinski definition) is 1. The minimum absolute atomic E-state index is 0.164. The highest BCUT2D eigenvalue weighted by Crippen LogP contribution is 2.37. The predicted octanol–water partition coefficient (Wildman–Crippen LogP) is 4.18. The molecule has 0 spiro atoms. The van der Waals surface area contributed by atoms with Gasteiger partial charge in [0, 0.05) is 5.56 Å². The fraction of sp³-hybridized carbons (Fsp3) is 0.0625. The Hall–Kier alpha value is -2.69. The lowest BCUT2D eigenvalue weighted by atomic mass is 10.0. The molecule has 0 fully saturated rings. The number of benzene rings is 2. The lowest BCUT2D eigenvalue weighted by Crippen LogP contribution is -1.90. The summed E-state index contributed by atoms with van der Waals surface area (Å²) in [7, 11) is 0. The van der Waals surface area contributed by atoms with Crippen molar-refractivity contribution in [2.75, 3.05) is 5.73 Å². The van der Waals surface area contributed by atoms with Crippen molar-refractivity contribution in [1.29, 1.82) is 0 Å². The van der Waals surface area contributed by atoms with Crippen LogP contribution in [0.5, 0.6) is 0 Å². The molecular formula is C16H12F2N2O. The van der Waals surface area contributed by atoms with Gasteiger partial charge in [0.2, 0.25) is 0 Å². The van der Waals surface area contributed by atoms with Crippen LogP contribution in [0.15, 0.2) is 47.0 Å². The summed E-state index contributed by atoms with van der Waals surface area (Å²) in [5, 5.41) is 3.74. The number of nitrogens with zero attached hydrogens (tertiary/aromatic N) is 1. The van der Waals surface area contributed by atoms with Gasteiger partial charge in [0.1, 0.15) is 11.6 Å². The van der Waals surface area contributed by atoms with Gasteiger partial charge < -0.3 is 10.3 Å². The average molecular weight is 286 g/mol. The molecule has 0 aliphatic rings. The number of anilines is 1. The summed E-state index contributed by atoms with van der Waals surface area (Å²) < 4.78 is 32.0. The van der Waals surface area contributed by atoms with Crippen molar-refractivity contribution in [2.45, 2.75) is 6.92 Å². The van der Waals surface area contributed by atoms with E-state index in [9.17, 15) is 8.78 Å². The van der Waals surface area contributed by atoms with Crippen molar-refractivity contribution in [2.24, 2.45) is 0 Å². The van der Waals surface area contributed by atoms with E-state index in [0.29, 0.717) is 28.0 Å². The molecule has 2 N–H and O–H groups in total. The van der Waals surface area contributed by atoms with Crippen LogP contribution < -0.4 is 5.73 Å². The summed E-state index contributed by atoms with van der Waals surface area (Å²) in [6, 6.07) is 10.5. The molecule has 3 nitrogen and oxygen atoms in total. The van der Waals surface area contributed by atoms with Crippen molar-refractivity contribution < 1.29 is 13.3 Å². The summed E-state index contributed by atoms with van der Waals surface area (Å²) in [4.78, 5) is 0. The third-order valence-electron chi connectivity index (χ3n) is 3.25. The van der Waals surface area contributed by atoms with Gasteiger partial charge in [0.05, 0.1) is 5.56 Å². The fourth-order valence-electron chi connectivity index (χ4n) is 2.21. The third kappa shape index (κ3) is 2.38. The number of rotatable bonds is 2. The molecular weight excluding hydrogens is 274 g/mol. The van der Waals surface area contributed by atoms with Crippen LogP contribution in [0.25, 0.3) is 22.5 Å². The van der Waals surface area contributed by atoms with Crippen LogP contribution in [0.3, 0.4) is 0 Å². The molecule has 3 rings (SSSR count). The normalized spacial score (nSPS) is 10.8. The summed E-state index contributed by atoms with van der Waals surface area (Å²) in [5.74, 6) is -0.133. The van der Waals surface area contributed by atoms with E-state index in [2.05, 4.69) is 5.16 Å². The molecule has 0 saturated carbocycles. The zero-order valence-electron chi connectivity index (χ0n) is 11.2. The standard InChI is InChI=1S/C16H12F2N2O/c1-9-7-11(5-6-13(9)18)15-14(16(19)20-21-15)10-3-2-4-12(17)8-10/h2-8H,1H3,(H2,19,20). The zero-order valence-corrected chi connectivity index (χ0v) is 11.2. The molecule has 0 amide bonds. The Morgan fingerprint density at radius 1 is 1.05 bits per heavy atom. The first-order valence-electron chi connectivity index (χ1n) is 6.34. The first kappa shape index (κ1) is 13.3. The van der Waals surface area contributed by atoms with Crippen LogP contribution in [-0.4, -0.2) is 5.16 Å². The van der Waals surface area contributed by atoms with Crippen LogP contribution in [0, 0.1) is 18.6 Å². The molecule has 0 unspecified atom stereocenters. The molecule has 2 aromatic carbocycles. The second-order valence-electron chi connectivity index (χ2n) is 4.75. The first-order valence-corrected chi connectivity index (χ1v) is 6.34. The third-order valence-corrected chi connectivity index (χ3v) is 3.25. The Morgan fingerprint density at radius 3 is 2.57 bits per heavy atom. The van der Waals surface area contributed by atoms with Crippen LogP contribution in [0.1, 0.15) is 5.56 Å². The number of nitrogen functional groups attached to an aromatic ring is 1. The largest absolute Gasteiger partial charge is 0.380 e. The molecule has 0 saturated heterocycles. The lowest BCUT2D eigenvalue weighted by Gasteiger charge is -2.04. The minimum Gasteiger partial charge on any atom is -0.380 e. The smallest absolute Gasteiger partial charge is 0.176 e. The minimum atomic E-state index is -0.380. The van der Waals surface area contributed by atoms with Crippen LogP contribution >= 0.6 is 0 Å². The van der Waals surface area contributed by atoms with Crippen LogP contribution in [0.4, 0.5) is 14.6 Å². The SMILES string of the molecule is Cc1cc(-c2onc(N)c2-c2cccc(F)c2)ccc1F. The second kappa shape index (κ2) is 5.01. The number of nitrogens with two attached hydrogens (primary N) is 1. The van der Waals surface area contributed by atoms with Gasteiger partial charge >= 0.3 is 0 Å². The Kier molecular flexibility index (Phi) is 3.17. The van der Waals surface area contributed by atoms with Crippen molar-refractivity contribution in [3.05, 3.63) is 59.7 Å². The zero-order chi connectivity index (χ0) is 15.0. The Balaban J connectivity index is 2.19. The maximum absolute atomic E-state index is 13.4. The van der Waals surface area contributed by atoms with Gasteiger partial charge in [-0.25, -0.2) is 8.78 Å². The van der Waals surface area contributed by atoms with Gasteiger partial charge in [0.15, 0.2) is 11.6 Å². The topological polar surface area (TPSA) is 52.0 Å². The van der Waals surface area contributed by atoms with Crippen LogP contribution in [0.2, 0.25) is 0 Å². The van der Waals surface area contributed by atoms with Crippen molar-refractivity contribution >= 4 is 5.82 Å². The highest BCUT2D eigenvalue weighted by atomic mass is 19.1. The molecule has 3 aromatic rings. The van der Waals surface area contributed by atoms with Gasteiger partial charge in [-0.1, -0.05) is 17.3 Å². The number of hydrogen-bond acceptors (Lipinski definition) is 3. The molecule has 1 heterocycles. The summed E-state index contributed by atoms with van der Waals surface area (Å²) in [5.41, 5.74) is 8.00. The van der Waals surface area contributed by atoms with E-state index >= 15 is 0 Å². The quantitative estimate of drug-likeness (QED) is 0.769. The van der Waals surface area contributed by atoms with Crippen molar-refractivity contribution in [1.82, 2.24) is 5.16 Å². The highest BCUT2D eigenvalue weighted by molar-refractivity contribution is 5.86. The molecule has 0 aliphatic carbocycles. The lowest BCUT2D eigenvalue weighted by molar-refractivity contribution is 0.436. The van der Waals surface area contributed by atoms with E-state index < -0.39 is 0 Å². The molecule has 106 valence electrons. The maximum atomic E-state index is 13.4. The van der Waals surface area contributed by atoms with Gasteiger partial charge in [-0.3, -0.25) is 0 Å². The predicted molar refractivity (Wildman–Crippen MR) is 76.4 cm³/mol. The van der Waals surface area contributed by atoms with E-state index in [-0.39, 0.29) is 17.5 Å². The van der Waals surface area contributed by atoms with Gasteiger partial charge in [-0.15, -0.1) is 0 Å². The average Bonchev–Trinajstić information content (AvgIpc) is 2.84. The highest BCUT2D eigenvalue weighted by Gasteiger charge is 2.18. The Bertz CT molecular complexity index is 812. The fourth-order valence-corrected chi connectivity index (χ4v) is 2.21. The Morgan fingerprint density at radius 2 is 1.86 bits per heavy atom. The molecule has 5 heteroatoms. The van der Waals surface area contributed by atoms with E-state index in [1.165, 1.54) is 18.2 Å².